The Morgan fingerprint density at radius 3 is 2.53 bits per heavy atom. The molecule has 3 fully saturated rings. The van der Waals surface area contributed by atoms with Gasteiger partial charge in [0.25, 0.3) is 0 Å². The molecule has 1 spiro atoms. The van der Waals surface area contributed by atoms with Crippen molar-refractivity contribution in [3.63, 3.8) is 0 Å². The van der Waals surface area contributed by atoms with Crippen molar-refractivity contribution in [3.05, 3.63) is 0 Å². The number of carboxylic acids is 1. The predicted molar refractivity (Wildman–Crippen MR) is 58.1 cm³/mol. The third kappa shape index (κ3) is 1.86. The van der Waals surface area contributed by atoms with E-state index in [4.69, 9.17) is 9.66 Å². The molecule has 2 N–H and O–H groups in total. The minimum absolute atomic E-state index is 0.103. The standard InChI is InChI=1S/C9H12N2O7S/c12-7(13)5-3-9(1-2-9)6-4-10(5)8(14)11(6)18-19(15,16)17/h5-6H,1-4H2,(H,12,13)(H,15,16,17)/t5-,6-/m0/s1. The molecule has 0 aromatic rings. The van der Waals surface area contributed by atoms with Crippen molar-refractivity contribution in [1.29, 1.82) is 0 Å². The molecule has 9 nitrogen and oxygen atoms in total. The molecule has 2 bridgehead atoms. The lowest BCUT2D eigenvalue weighted by molar-refractivity contribution is -0.144. The number of fused-ring (bicyclic) bond motifs is 3. The van der Waals surface area contributed by atoms with Crippen molar-refractivity contribution >= 4 is 22.4 Å². The molecule has 1 aliphatic carbocycles. The Hall–Kier alpha value is -1.39. The van der Waals surface area contributed by atoms with Crippen LogP contribution >= 0.6 is 0 Å². The number of nitrogens with zero attached hydrogens (tertiary/aromatic N) is 2. The normalized spacial score (nSPS) is 31.9. The Morgan fingerprint density at radius 1 is 1.42 bits per heavy atom. The Balaban J connectivity index is 1.94. The molecule has 10 heteroatoms. The topological polar surface area (TPSA) is 124 Å². The van der Waals surface area contributed by atoms with Crippen LogP contribution in [0.1, 0.15) is 19.3 Å². The van der Waals surface area contributed by atoms with Gasteiger partial charge < -0.3 is 10.0 Å². The number of carbonyl (C=O) groups excluding carboxylic acids is 1. The van der Waals surface area contributed by atoms with Crippen LogP contribution in [0.5, 0.6) is 0 Å². The van der Waals surface area contributed by atoms with Gasteiger partial charge in [-0.3, -0.25) is 4.55 Å². The average Bonchev–Trinajstić information content (AvgIpc) is 2.99. The van der Waals surface area contributed by atoms with Gasteiger partial charge in [0.15, 0.2) is 0 Å². The highest BCUT2D eigenvalue weighted by Crippen LogP contribution is 2.59. The fourth-order valence-electron chi connectivity index (χ4n) is 3.04. The third-order valence-electron chi connectivity index (χ3n) is 4.12. The van der Waals surface area contributed by atoms with Crippen molar-refractivity contribution in [2.75, 3.05) is 6.54 Å². The van der Waals surface area contributed by atoms with Crippen LogP contribution in [0.25, 0.3) is 0 Å². The second kappa shape index (κ2) is 3.58. The molecule has 106 valence electrons. The Kier molecular flexibility index (Phi) is 2.38. The molecule has 0 radical (unpaired) electrons. The number of carbonyl (C=O) groups is 2. The number of rotatable bonds is 3. The summed E-state index contributed by atoms with van der Waals surface area (Å²) in [5.41, 5.74) is -0.406. The van der Waals surface area contributed by atoms with Crippen LogP contribution in [0, 0.1) is 5.41 Å². The quantitative estimate of drug-likeness (QED) is 0.669. The number of urea groups is 1. The van der Waals surface area contributed by atoms with Crippen LogP contribution in [0.4, 0.5) is 4.79 Å². The highest BCUT2D eigenvalue weighted by atomic mass is 32.3. The van der Waals surface area contributed by atoms with Gasteiger partial charge in [-0.05, 0) is 24.7 Å². The van der Waals surface area contributed by atoms with Crippen LogP contribution in [0.15, 0.2) is 0 Å². The SMILES string of the molecule is O=C(O)[C@@H]1CC2(CC2)[C@@H]2CN1C(=O)N2OS(=O)(=O)O. The van der Waals surface area contributed by atoms with Gasteiger partial charge in [0, 0.05) is 6.54 Å². The number of piperidine rings is 1. The first-order valence-corrected chi connectivity index (χ1v) is 7.10. The molecule has 3 aliphatic rings. The van der Waals surface area contributed by atoms with E-state index in [1.807, 2.05) is 0 Å². The molecule has 2 saturated heterocycles. The maximum atomic E-state index is 12.0. The second-order valence-corrected chi connectivity index (χ2v) is 6.20. The van der Waals surface area contributed by atoms with Crippen molar-refractivity contribution in [2.45, 2.75) is 31.3 Å². The molecule has 2 atom stereocenters. The summed E-state index contributed by atoms with van der Waals surface area (Å²) in [5.74, 6) is -1.12. The molecular weight excluding hydrogens is 280 g/mol. The van der Waals surface area contributed by atoms with Crippen LogP contribution in [0.2, 0.25) is 0 Å². The lowest BCUT2D eigenvalue weighted by Gasteiger charge is -2.34. The van der Waals surface area contributed by atoms with Crippen LogP contribution in [0.3, 0.4) is 0 Å². The first kappa shape index (κ1) is 12.6. The fraction of sp³-hybridized carbons (Fsp3) is 0.778. The average molecular weight is 292 g/mol. The molecular formula is C9H12N2O7S. The van der Waals surface area contributed by atoms with Gasteiger partial charge in [-0.15, -0.1) is 4.28 Å². The van der Waals surface area contributed by atoms with E-state index >= 15 is 0 Å². The fourth-order valence-corrected chi connectivity index (χ4v) is 3.41. The van der Waals surface area contributed by atoms with Crippen LogP contribution in [-0.4, -0.2) is 58.7 Å². The number of hydroxylamine groups is 2. The molecule has 2 amide bonds. The minimum atomic E-state index is -4.81. The number of hydrogen-bond acceptors (Lipinski definition) is 5. The Morgan fingerprint density at radius 2 is 2.05 bits per heavy atom. The van der Waals surface area contributed by atoms with Crippen LogP contribution in [-0.2, 0) is 19.5 Å². The van der Waals surface area contributed by atoms with E-state index in [-0.39, 0.29) is 13.0 Å². The summed E-state index contributed by atoms with van der Waals surface area (Å²) in [5, 5.41) is 9.74. The second-order valence-electron chi connectivity index (χ2n) is 5.20. The largest absolute Gasteiger partial charge is 0.480 e. The molecule has 19 heavy (non-hydrogen) atoms. The lowest BCUT2D eigenvalue weighted by atomic mass is 9.85. The van der Waals surface area contributed by atoms with Gasteiger partial charge in [0.1, 0.15) is 6.04 Å². The van der Waals surface area contributed by atoms with Gasteiger partial charge in [-0.1, -0.05) is 0 Å². The maximum absolute atomic E-state index is 12.0. The van der Waals surface area contributed by atoms with Gasteiger partial charge in [-0.25, -0.2) is 9.59 Å². The van der Waals surface area contributed by atoms with Crippen molar-refractivity contribution in [2.24, 2.45) is 5.41 Å². The third-order valence-corrected chi connectivity index (χ3v) is 4.47. The zero-order valence-corrected chi connectivity index (χ0v) is 10.5. The van der Waals surface area contributed by atoms with Gasteiger partial charge in [0.2, 0.25) is 0 Å². The first-order valence-electron chi connectivity index (χ1n) is 5.73. The maximum Gasteiger partial charge on any atom is 0.418 e. The summed E-state index contributed by atoms with van der Waals surface area (Å²) in [6.07, 6.45) is 1.71. The summed E-state index contributed by atoms with van der Waals surface area (Å²) in [6, 6.07) is -2.34. The highest BCUT2D eigenvalue weighted by Gasteiger charge is 2.65. The Labute approximate surface area is 108 Å². The van der Waals surface area contributed by atoms with Gasteiger partial charge in [-0.2, -0.15) is 13.5 Å². The molecule has 3 rings (SSSR count). The van der Waals surface area contributed by atoms with Crippen molar-refractivity contribution < 1.29 is 31.9 Å². The van der Waals surface area contributed by atoms with E-state index < -0.39 is 39.9 Å². The van der Waals surface area contributed by atoms with E-state index in [0.29, 0.717) is 17.9 Å². The van der Waals surface area contributed by atoms with Crippen LogP contribution < -0.4 is 0 Å². The molecule has 0 aromatic carbocycles. The number of amides is 2. The minimum Gasteiger partial charge on any atom is -0.480 e. The van der Waals surface area contributed by atoms with E-state index in [9.17, 15) is 18.0 Å². The smallest absolute Gasteiger partial charge is 0.418 e. The predicted octanol–water partition coefficient (Wildman–Crippen LogP) is -0.536. The number of carboxylic acid groups (broad SMARTS) is 1. The van der Waals surface area contributed by atoms with Gasteiger partial charge in [0.05, 0.1) is 6.04 Å². The number of hydrogen-bond donors (Lipinski definition) is 2. The summed E-state index contributed by atoms with van der Waals surface area (Å²) < 4.78 is 34.6. The highest BCUT2D eigenvalue weighted by molar-refractivity contribution is 7.80. The molecule has 0 aromatic heterocycles. The molecule has 2 aliphatic heterocycles. The summed E-state index contributed by atoms with van der Waals surface area (Å²) >= 11 is 0. The van der Waals surface area contributed by atoms with E-state index in [0.717, 1.165) is 4.90 Å². The molecule has 2 heterocycles. The number of aliphatic carboxylic acids is 1. The van der Waals surface area contributed by atoms with Crippen molar-refractivity contribution in [3.8, 4) is 0 Å². The van der Waals surface area contributed by atoms with E-state index in [2.05, 4.69) is 4.28 Å². The molecule has 0 unspecified atom stereocenters. The van der Waals surface area contributed by atoms with Crippen molar-refractivity contribution in [1.82, 2.24) is 9.96 Å². The van der Waals surface area contributed by atoms with E-state index in [1.165, 1.54) is 0 Å². The summed E-state index contributed by atoms with van der Waals surface area (Å²) in [4.78, 5) is 24.2. The molecule has 1 saturated carbocycles. The van der Waals surface area contributed by atoms with Gasteiger partial charge >= 0.3 is 22.4 Å². The Bertz CT molecular complexity index is 555. The monoisotopic (exact) mass is 292 g/mol. The van der Waals surface area contributed by atoms with E-state index in [1.54, 1.807) is 0 Å². The first-order chi connectivity index (χ1) is 8.73. The summed E-state index contributed by atoms with van der Waals surface area (Å²) in [7, 11) is -4.81. The zero-order valence-electron chi connectivity index (χ0n) is 9.72. The lowest BCUT2D eigenvalue weighted by Crippen LogP contribution is -2.49. The zero-order chi connectivity index (χ0) is 14.0. The summed E-state index contributed by atoms with van der Waals surface area (Å²) in [6.45, 7) is 0.103.